The van der Waals surface area contributed by atoms with Crippen molar-refractivity contribution in [2.24, 2.45) is 0 Å². The molecule has 3 rings (SSSR count). The lowest BCUT2D eigenvalue weighted by Gasteiger charge is -2.09. The molecular formula is C21H22Cl2N2O3. The van der Waals surface area contributed by atoms with E-state index in [1.165, 1.54) is 0 Å². The summed E-state index contributed by atoms with van der Waals surface area (Å²) in [6.07, 6.45) is 3.05. The van der Waals surface area contributed by atoms with E-state index in [1.54, 1.807) is 30.3 Å². The number of hydrogen-bond acceptors (Lipinski definition) is 3. The van der Waals surface area contributed by atoms with Crippen LogP contribution < -0.4 is 15.4 Å². The van der Waals surface area contributed by atoms with Crippen LogP contribution in [0.5, 0.6) is 5.75 Å². The van der Waals surface area contributed by atoms with Crippen molar-refractivity contribution in [3.8, 4) is 5.75 Å². The second-order valence-corrected chi connectivity index (χ2v) is 7.59. The number of carbonyl (C=O) groups is 2. The van der Waals surface area contributed by atoms with Crippen LogP contribution in [0.25, 0.3) is 0 Å². The summed E-state index contributed by atoms with van der Waals surface area (Å²) in [6.45, 7) is 0.812. The highest BCUT2D eigenvalue weighted by molar-refractivity contribution is 6.35. The van der Waals surface area contributed by atoms with Crippen LogP contribution in [0.1, 0.15) is 41.6 Å². The van der Waals surface area contributed by atoms with E-state index in [4.69, 9.17) is 27.9 Å². The largest absolute Gasteiger partial charge is 0.492 e. The van der Waals surface area contributed by atoms with Crippen molar-refractivity contribution in [2.45, 2.75) is 38.3 Å². The highest BCUT2D eigenvalue weighted by atomic mass is 35.5. The van der Waals surface area contributed by atoms with Crippen LogP contribution in [0.4, 0.5) is 0 Å². The predicted octanol–water partition coefficient (Wildman–Crippen LogP) is 4.36. The molecule has 0 saturated heterocycles. The molecule has 2 N–H and O–H groups in total. The van der Waals surface area contributed by atoms with E-state index < -0.39 is 0 Å². The first-order valence-electron chi connectivity index (χ1n) is 9.25. The molecule has 5 nitrogen and oxygen atoms in total. The maximum absolute atomic E-state index is 12.0. The summed E-state index contributed by atoms with van der Waals surface area (Å²) in [5.74, 6) is 0.456. The summed E-state index contributed by atoms with van der Waals surface area (Å²) in [4.78, 5) is 23.9. The fraction of sp³-hybridized carbons (Fsp3) is 0.333. The quantitative estimate of drug-likeness (QED) is 0.592. The fourth-order valence-corrected chi connectivity index (χ4v) is 3.03. The zero-order chi connectivity index (χ0) is 19.9. The Labute approximate surface area is 174 Å². The fourth-order valence-electron chi connectivity index (χ4n) is 2.57. The topological polar surface area (TPSA) is 67.4 Å². The number of nitrogens with one attached hydrogen (secondary N) is 2. The Morgan fingerprint density at radius 2 is 1.82 bits per heavy atom. The van der Waals surface area contributed by atoms with Crippen molar-refractivity contribution in [3.05, 3.63) is 63.6 Å². The van der Waals surface area contributed by atoms with Crippen molar-refractivity contribution in [3.63, 3.8) is 0 Å². The normalized spacial score (nSPS) is 13.1. The lowest BCUT2D eigenvalue weighted by Crippen LogP contribution is -2.25. The zero-order valence-electron chi connectivity index (χ0n) is 15.3. The van der Waals surface area contributed by atoms with Crippen LogP contribution in [0.2, 0.25) is 10.0 Å². The first-order valence-corrected chi connectivity index (χ1v) is 10.0. The molecule has 2 amide bonds. The standard InChI is InChI=1S/C21H22Cl2N2O3/c22-16-7-10-19(18(23)12-16)28-11-1-2-20(26)24-13-14-3-5-15(6-4-14)21(27)25-17-8-9-17/h3-7,10,12,17H,1-2,8-9,11,13H2,(H,24,26)(H,25,27). The van der Waals surface area contributed by atoms with Crippen LogP contribution in [-0.2, 0) is 11.3 Å². The average Bonchev–Trinajstić information content (AvgIpc) is 3.49. The van der Waals surface area contributed by atoms with Gasteiger partial charge in [-0.2, -0.15) is 0 Å². The van der Waals surface area contributed by atoms with Crippen LogP contribution in [0, 0.1) is 0 Å². The predicted molar refractivity (Wildman–Crippen MR) is 110 cm³/mol. The molecule has 7 heteroatoms. The second-order valence-electron chi connectivity index (χ2n) is 6.75. The van der Waals surface area contributed by atoms with E-state index in [9.17, 15) is 9.59 Å². The summed E-state index contributed by atoms with van der Waals surface area (Å²) < 4.78 is 5.56. The van der Waals surface area contributed by atoms with Gasteiger partial charge in [0.25, 0.3) is 5.91 Å². The van der Waals surface area contributed by atoms with Crippen LogP contribution >= 0.6 is 23.2 Å². The number of amides is 2. The van der Waals surface area contributed by atoms with Gasteiger partial charge in [-0.1, -0.05) is 35.3 Å². The molecule has 0 heterocycles. The number of rotatable bonds is 9. The molecule has 0 aromatic heterocycles. The van der Waals surface area contributed by atoms with E-state index in [0.717, 1.165) is 18.4 Å². The van der Waals surface area contributed by atoms with Crippen molar-refractivity contribution in [2.75, 3.05) is 6.61 Å². The molecule has 0 aliphatic heterocycles. The van der Waals surface area contributed by atoms with E-state index in [0.29, 0.717) is 53.4 Å². The van der Waals surface area contributed by atoms with Gasteiger partial charge in [-0.3, -0.25) is 9.59 Å². The molecule has 2 aromatic rings. The Bertz CT molecular complexity index is 836. The molecule has 0 atom stereocenters. The van der Waals surface area contributed by atoms with Gasteiger partial charge < -0.3 is 15.4 Å². The third-order valence-corrected chi connectivity index (χ3v) is 4.85. The number of carbonyl (C=O) groups excluding carboxylic acids is 2. The summed E-state index contributed by atoms with van der Waals surface area (Å²) in [6, 6.07) is 12.6. The minimum atomic E-state index is -0.0543. The first-order chi connectivity index (χ1) is 13.5. The Morgan fingerprint density at radius 1 is 1.07 bits per heavy atom. The second kappa shape index (κ2) is 9.80. The van der Waals surface area contributed by atoms with Gasteiger partial charge in [-0.15, -0.1) is 0 Å². The smallest absolute Gasteiger partial charge is 0.251 e. The molecule has 0 bridgehead atoms. The van der Waals surface area contributed by atoms with Gasteiger partial charge in [0, 0.05) is 29.6 Å². The number of hydrogen-bond donors (Lipinski definition) is 2. The maximum atomic E-state index is 12.0. The van der Waals surface area contributed by atoms with E-state index in [2.05, 4.69) is 10.6 Å². The lowest BCUT2D eigenvalue weighted by atomic mass is 10.1. The summed E-state index contributed by atoms with van der Waals surface area (Å²) in [5.41, 5.74) is 1.58. The molecule has 1 aliphatic carbocycles. The molecule has 0 spiro atoms. The summed E-state index contributed by atoms with van der Waals surface area (Å²) >= 11 is 11.9. The van der Waals surface area contributed by atoms with E-state index >= 15 is 0 Å². The molecule has 28 heavy (non-hydrogen) atoms. The van der Waals surface area contributed by atoms with Gasteiger partial charge in [-0.05, 0) is 55.2 Å². The number of halogens is 2. The highest BCUT2D eigenvalue weighted by Gasteiger charge is 2.23. The van der Waals surface area contributed by atoms with E-state index in [1.807, 2.05) is 12.1 Å². The van der Waals surface area contributed by atoms with Crippen LogP contribution in [0.3, 0.4) is 0 Å². The molecule has 148 valence electrons. The van der Waals surface area contributed by atoms with Gasteiger partial charge >= 0.3 is 0 Å². The van der Waals surface area contributed by atoms with Crippen molar-refractivity contribution < 1.29 is 14.3 Å². The third-order valence-electron chi connectivity index (χ3n) is 4.32. The highest BCUT2D eigenvalue weighted by Crippen LogP contribution is 2.27. The molecule has 1 fully saturated rings. The number of benzene rings is 2. The van der Waals surface area contributed by atoms with Crippen molar-refractivity contribution in [1.29, 1.82) is 0 Å². The Hall–Kier alpha value is -2.24. The molecular weight excluding hydrogens is 399 g/mol. The molecule has 0 unspecified atom stereocenters. The van der Waals surface area contributed by atoms with Gasteiger partial charge in [0.1, 0.15) is 5.75 Å². The Kier molecular flexibility index (Phi) is 7.18. The lowest BCUT2D eigenvalue weighted by molar-refractivity contribution is -0.121. The summed E-state index contributed by atoms with van der Waals surface area (Å²) in [7, 11) is 0. The Morgan fingerprint density at radius 3 is 2.50 bits per heavy atom. The maximum Gasteiger partial charge on any atom is 0.251 e. The van der Waals surface area contributed by atoms with Gasteiger partial charge in [0.15, 0.2) is 0 Å². The van der Waals surface area contributed by atoms with Crippen LogP contribution in [0.15, 0.2) is 42.5 Å². The van der Waals surface area contributed by atoms with Crippen LogP contribution in [-0.4, -0.2) is 24.5 Å². The summed E-state index contributed by atoms with van der Waals surface area (Å²) in [5, 5.41) is 6.82. The SMILES string of the molecule is O=C(CCCOc1ccc(Cl)cc1Cl)NCc1ccc(C(=O)NC2CC2)cc1. The molecule has 0 radical (unpaired) electrons. The average molecular weight is 421 g/mol. The minimum Gasteiger partial charge on any atom is -0.492 e. The van der Waals surface area contributed by atoms with Crippen molar-refractivity contribution >= 4 is 35.0 Å². The first kappa shape index (κ1) is 20.5. The van der Waals surface area contributed by atoms with Crippen molar-refractivity contribution in [1.82, 2.24) is 10.6 Å². The van der Waals surface area contributed by atoms with Gasteiger partial charge in [0.05, 0.1) is 11.6 Å². The third kappa shape index (κ3) is 6.43. The van der Waals surface area contributed by atoms with Gasteiger partial charge in [0.2, 0.25) is 5.91 Å². The van der Waals surface area contributed by atoms with E-state index in [-0.39, 0.29) is 11.8 Å². The van der Waals surface area contributed by atoms with Gasteiger partial charge in [-0.25, -0.2) is 0 Å². The molecule has 1 aliphatic rings. The minimum absolute atomic E-state index is 0.0427. The Balaban J connectivity index is 1.34. The molecule has 1 saturated carbocycles. The monoisotopic (exact) mass is 420 g/mol. The molecule has 2 aromatic carbocycles. The number of ether oxygens (including phenoxy) is 1. The zero-order valence-corrected chi connectivity index (χ0v) is 16.9.